The van der Waals surface area contributed by atoms with Gasteiger partial charge in [0.25, 0.3) is 5.91 Å². The summed E-state index contributed by atoms with van der Waals surface area (Å²) in [4.78, 5) is 23.2. The van der Waals surface area contributed by atoms with Gasteiger partial charge in [0.15, 0.2) is 0 Å². The summed E-state index contributed by atoms with van der Waals surface area (Å²) in [6, 6.07) is 5.52. The van der Waals surface area contributed by atoms with Crippen LogP contribution in [0.3, 0.4) is 0 Å². The van der Waals surface area contributed by atoms with E-state index in [4.69, 9.17) is 5.11 Å². The van der Waals surface area contributed by atoms with E-state index in [1.807, 2.05) is 18.2 Å². The van der Waals surface area contributed by atoms with Crippen molar-refractivity contribution in [2.45, 2.75) is 38.3 Å². The molecule has 3 rings (SSSR count). The summed E-state index contributed by atoms with van der Waals surface area (Å²) in [5, 5.41) is 15.1. The zero-order chi connectivity index (χ0) is 14.8. The highest BCUT2D eigenvalue weighted by atomic mass is 16.4. The fraction of sp³-hybridized carbons (Fsp3) is 0.500. The van der Waals surface area contributed by atoms with Gasteiger partial charge in [-0.05, 0) is 55.0 Å². The summed E-state index contributed by atoms with van der Waals surface area (Å²) in [7, 11) is 0. The van der Waals surface area contributed by atoms with Crippen molar-refractivity contribution in [2.75, 3.05) is 6.54 Å². The number of carbonyl (C=O) groups excluding carboxylic acids is 1. The van der Waals surface area contributed by atoms with E-state index < -0.39 is 5.97 Å². The van der Waals surface area contributed by atoms with Crippen molar-refractivity contribution in [3.63, 3.8) is 0 Å². The molecule has 3 N–H and O–H groups in total. The Morgan fingerprint density at radius 2 is 2.14 bits per heavy atom. The molecule has 1 aliphatic heterocycles. The lowest BCUT2D eigenvalue weighted by molar-refractivity contribution is -0.137. The molecule has 1 saturated carbocycles. The maximum absolute atomic E-state index is 12.3. The van der Waals surface area contributed by atoms with Crippen LogP contribution in [0.25, 0.3) is 0 Å². The van der Waals surface area contributed by atoms with Gasteiger partial charge < -0.3 is 15.7 Å². The number of hydrogen-bond donors (Lipinski definition) is 3. The van der Waals surface area contributed by atoms with E-state index in [0.29, 0.717) is 11.5 Å². The topological polar surface area (TPSA) is 78.4 Å². The number of carbonyl (C=O) groups is 2. The van der Waals surface area contributed by atoms with Crippen LogP contribution in [0.5, 0.6) is 0 Å². The molecule has 0 spiro atoms. The molecule has 0 radical (unpaired) electrons. The van der Waals surface area contributed by atoms with Crippen molar-refractivity contribution in [3.05, 3.63) is 34.9 Å². The molecule has 0 bridgehead atoms. The highest BCUT2D eigenvalue weighted by Crippen LogP contribution is 2.34. The lowest BCUT2D eigenvalue weighted by atomic mass is 9.98. The molecule has 0 saturated heterocycles. The largest absolute Gasteiger partial charge is 0.481 e. The Balaban J connectivity index is 1.70. The fourth-order valence-corrected chi connectivity index (χ4v) is 2.90. The molecular formula is C16H20N2O3. The normalized spacial score (nSPS) is 18.7. The second-order valence-electron chi connectivity index (χ2n) is 5.93. The SMILES string of the molecule is O=C(O)CC(NC(=O)c1ccc2c(c1)CNCC2)C1CC1. The summed E-state index contributed by atoms with van der Waals surface area (Å²) in [5.41, 5.74) is 3.07. The van der Waals surface area contributed by atoms with Gasteiger partial charge in [-0.25, -0.2) is 0 Å². The van der Waals surface area contributed by atoms with Crippen LogP contribution in [-0.2, 0) is 17.8 Å². The third-order valence-corrected chi connectivity index (χ3v) is 4.26. The van der Waals surface area contributed by atoms with Gasteiger partial charge in [-0.1, -0.05) is 6.07 Å². The Labute approximate surface area is 123 Å². The monoisotopic (exact) mass is 288 g/mol. The molecule has 1 atom stereocenters. The molecule has 1 aromatic rings. The van der Waals surface area contributed by atoms with Crippen LogP contribution in [0.4, 0.5) is 0 Å². The van der Waals surface area contributed by atoms with Crippen molar-refractivity contribution in [2.24, 2.45) is 5.92 Å². The van der Waals surface area contributed by atoms with Crippen LogP contribution in [0.15, 0.2) is 18.2 Å². The molecule has 112 valence electrons. The first-order valence-corrected chi connectivity index (χ1v) is 7.48. The maximum atomic E-state index is 12.3. The first-order chi connectivity index (χ1) is 10.1. The average Bonchev–Trinajstić information content (AvgIpc) is 3.30. The van der Waals surface area contributed by atoms with Crippen LogP contribution < -0.4 is 10.6 Å². The summed E-state index contributed by atoms with van der Waals surface area (Å²) in [6.07, 6.45) is 3.00. The number of rotatable bonds is 5. The van der Waals surface area contributed by atoms with Crippen LogP contribution in [0.1, 0.15) is 40.7 Å². The number of carboxylic acids is 1. The minimum Gasteiger partial charge on any atom is -0.481 e. The number of fused-ring (bicyclic) bond motifs is 1. The van der Waals surface area contributed by atoms with Crippen molar-refractivity contribution < 1.29 is 14.7 Å². The van der Waals surface area contributed by atoms with Crippen LogP contribution in [0.2, 0.25) is 0 Å². The van der Waals surface area contributed by atoms with E-state index in [9.17, 15) is 9.59 Å². The van der Waals surface area contributed by atoms with E-state index in [1.54, 1.807) is 0 Å². The minimum absolute atomic E-state index is 0.00288. The molecule has 1 amide bonds. The first kappa shape index (κ1) is 14.1. The molecule has 5 nitrogen and oxygen atoms in total. The zero-order valence-corrected chi connectivity index (χ0v) is 11.9. The smallest absolute Gasteiger partial charge is 0.305 e. The molecule has 5 heteroatoms. The molecule has 1 aliphatic carbocycles. The third-order valence-electron chi connectivity index (χ3n) is 4.26. The van der Waals surface area contributed by atoms with Gasteiger partial charge in [0, 0.05) is 18.2 Å². The zero-order valence-electron chi connectivity index (χ0n) is 11.9. The second-order valence-corrected chi connectivity index (χ2v) is 5.93. The predicted octanol–water partition coefficient (Wildman–Crippen LogP) is 1.32. The second kappa shape index (κ2) is 5.85. The van der Waals surface area contributed by atoms with Crippen molar-refractivity contribution in [1.82, 2.24) is 10.6 Å². The van der Waals surface area contributed by atoms with E-state index >= 15 is 0 Å². The number of nitrogens with one attached hydrogen (secondary N) is 2. The number of amides is 1. The van der Waals surface area contributed by atoms with Gasteiger partial charge in [-0.15, -0.1) is 0 Å². The summed E-state index contributed by atoms with van der Waals surface area (Å²) in [5.74, 6) is -0.701. The first-order valence-electron chi connectivity index (χ1n) is 7.48. The number of hydrogen-bond acceptors (Lipinski definition) is 3. The Morgan fingerprint density at radius 1 is 1.33 bits per heavy atom. The quantitative estimate of drug-likeness (QED) is 0.763. The predicted molar refractivity (Wildman–Crippen MR) is 78.1 cm³/mol. The Bertz CT molecular complexity index is 567. The third kappa shape index (κ3) is 3.42. The lowest BCUT2D eigenvalue weighted by Crippen LogP contribution is -2.38. The van der Waals surface area contributed by atoms with Gasteiger partial charge in [0.1, 0.15) is 0 Å². The minimum atomic E-state index is -0.859. The van der Waals surface area contributed by atoms with Crippen LogP contribution in [0, 0.1) is 5.92 Å². The summed E-state index contributed by atoms with van der Waals surface area (Å²) < 4.78 is 0. The summed E-state index contributed by atoms with van der Waals surface area (Å²) in [6.45, 7) is 1.76. The highest BCUT2D eigenvalue weighted by Gasteiger charge is 2.33. The maximum Gasteiger partial charge on any atom is 0.305 e. The number of aliphatic carboxylic acids is 1. The average molecular weight is 288 g/mol. The number of carboxylic acid groups (broad SMARTS) is 1. The molecular weight excluding hydrogens is 268 g/mol. The van der Waals surface area contributed by atoms with E-state index in [-0.39, 0.29) is 18.4 Å². The summed E-state index contributed by atoms with van der Waals surface area (Å²) >= 11 is 0. The van der Waals surface area contributed by atoms with E-state index in [0.717, 1.165) is 37.9 Å². The van der Waals surface area contributed by atoms with E-state index in [2.05, 4.69) is 10.6 Å². The lowest BCUT2D eigenvalue weighted by Gasteiger charge is -2.19. The van der Waals surface area contributed by atoms with Crippen LogP contribution in [-0.4, -0.2) is 29.6 Å². The molecule has 21 heavy (non-hydrogen) atoms. The molecule has 1 unspecified atom stereocenters. The van der Waals surface area contributed by atoms with Gasteiger partial charge in [0.2, 0.25) is 0 Å². The van der Waals surface area contributed by atoms with Crippen molar-refractivity contribution in [1.29, 1.82) is 0 Å². The Hall–Kier alpha value is -1.88. The van der Waals surface area contributed by atoms with Crippen molar-refractivity contribution in [3.8, 4) is 0 Å². The molecule has 2 aliphatic rings. The molecule has 1 fully saturated rings. The van der Waals surface area contributed by atoms with Gasteiger partial charge in [0.05, 0.1) is 6.42 Å². The molecule has 0 aromatic heterocycles. The standard InChI is InChI=1S/C16H20N2O3/c19-15(20)8-14(11-2-3-11)18-16(21)12-4-1-10-5-6-17-9-13(10)7-12/h1,4,7,11,14,17H,2-3,5-6,8-9H2,(H,18,21)(H,19,20). The highest BCUT2D eigenvalue weighted by molar-refractivity contribution is 5.95. The van der Waals surface area contributed by atoms with E-state index in [1.165, 1.54) is 5.56 Å². The molecule has 1 heterocycles. The van der Waals surface area contributed by atoms with Gasteiger partial charge in [-0.2, -0.15) is 0 Å². The van der Waals surface area contributed by atoms with Crippen molar-refractivity contribution >= 4 is 11.9 Å². The fourth-order valence-electron chi connectivity index (χ4n) is 2.90. The number of benzene rings is 1. The van der Waals surface area contributed by atoms with Gasteiger partial charge in [-0.3, -0.25) is 9.59 Å². The molecule has 1 aromatic carbocycles. The van der Waals surface area contributed by atoms with Gasteiger partial charge >= 0.3 is 5.97 Å². The van der Waals surface area contributed by atoms with Crippen LogP contribution >= 0.6 is 0 Å². The Kier molecular flexibility index (Phi) is 3.92. The Morgan fingerprint density at radius 3 is 2.86 bits per heavy atom.